The zero-order valence-corrected chi connectivity index (χ0v) is 17.5. The maximum absolute atomic E-state index is 14.4. The molecule has 0 aliphatic rings. The molecule has 0 bridgehead atoms. The number of oxazole rings is 1. The van der Waals surface area contributed by atoms with Crippen LogP contribution in [0.1, 0.15) is 32.7 Å². The van der Waals surface area contributed by atoms with E-state index in [4.69, 9.17) is 14.9 Å². The van der Waals surface area contributed by atoms with Gasteiger partial charge in [-0.1, -0.05) is 12.1 Å². The number of hydrogen-bond donors (Lipinski definition) is 2. The van der Waals surface area contributed by atoms with Gasteiger partial charge >= 0.3 is 5.97 Å². The number of methoxy groups -OCH3 is 1. The number of halogens is 3. The van der Waals surface area contributed by atoms with Crippen molar-refractivity contribution in [3.63, 3.8) is 0 Å². The van der Waals surface area contributed by atoms with E-state index in [1.165, 1.54) is 19.2 Å². The van der Waals surface area contributed by atoms with E-state index in [0.717, 1.165) is 12.1 Å². The van der Waals surface area contributed by atoms with E-state index >= 15 is 0 Å². The van der Waals surface area contributed by atoms with Gasteiger partial charge in [-0.05, 0) is 40.2 Å². The molecule has 2 aromatic carbocycles. The third-order valence-corrected chi connectivity index (χ3v) is 4.73. The summed E-state index contributed by atoms with van der Waals surface area (Å²) in [5.74, 6) is -4.91. The molecule has 8 nitrogen and oxygen atoms in total. The number of amides is 1. The molecule has 31 heavy (non-hydrogen) atoms. The van der Waals surface area contributed by atoms with Gasteiger partial charge in [0.15, 0.2) is 22.3 Å². The van der Waals surface area contributed by atoms with Gasteiger partial charge in [0, 0.05) is 5.56 Å². The molecule has 1 amide bonds. The third-order valence-electron chi connectivity index (χ3n) is 4.19. The van der Waals surface area contributed by atoms with E-state index in [2.05, 4.69) is 25.7 Å². The van der Waals surface area contributed by atoms with Crippen LogP contribution >= 0.6 is 15.9 Å². The summed E-state index contributed by atoms with van der Waals surface area (Å²) in [5, 5.41) is 9.68. The molecule has 0 fully saturated rings. The van der Waals surface area contributed by atoms with Crippen LogP contribution in [0, 0.1) is 11.6 Å². The first-order chi connectivity index (χ1) is 14.8. The highest BCUT2D eigenvalue weighted by molar-refractivity contribution is 9.10. The SMILES string of the molecule is COC(=O)c1ccc(-c2nc(C(CO)Oc3ccc(F)c(C(N)=O)c3F)oc2Br)cc1. The number of benzene rings is 2. The summed E-state index contributed by atoms with van der Waals surface area (Å²) in [7, 11) is 1.27. The monoisotopic (exact) mass is 496 g/mol. The Morgan fingerprint density at radius 1 is 1.23 bits per heavy atom. The van der Waals surface area contributed by atoms with Gasteiger partial charge < -0.3 is 24.7 Å². The van der Waals surface area contributed by atoms with Crippen molar-refractivity contribution in [2.75, 3.05) is 13.7 Å². The molecule has 1 heterocycles. The Hall–Kier alpha value is -3.31. The molecule has 0 radical (unpaired) electrons. The number of carbonyl (C=O) groups is 2. The van der Waals surface area contributed by atoms with E-state index in [9.17, 15) is 23.5 Å². The Bertz CT molecular complexity index is 1130. The first kappa shape index (κ1) is 22.4. The van der Waals surface area contributed by atoms with Gasteiger partial charge in [-0.3, -0.25) is 4.79 Å². The summed E-state index contributed by atoms with van der Waals surface area (Å²) in [4.78, 5) is 27.1. The summed E-state index contributed by atoms with van der Waals surface area (Å²) in [5.41, 5.74) is 5.25. The highest BCUT2D eigenvalue weighted by atomic mass is 79.9. The molecule has 1 atom stereocenters. The van der Waals surface area contributed by atoms with E-state index in [-0.39, 0.29) is 10.6 Å². The Labute approximate surface area is 182 Å². The van der Waals surface area contributed by atoms with E-state index < -0.39 is 47.5 Å². The van der Waals surface area contributed by atoms with Crippen LogP contribution in [-0.2, 0) is 4.74 Å². The lowest BCUT2D eigenvalue weighted by Crippen LogP contribution is -2.18. The van der Waals surface area contributed by atoms with Crippen molar-refractivity contribution in [3.05, 3.63) is 69.7 Å². The van der Waals surface area contributed by atoms with Crippen molar-refractivity contribution in [1.82, 2.24) is 4.98 Å². The molecule has 3 rings (SSSR count). The van der Waals surface area contributed by atoms with Crippen LogP contribution in [0.5, 0.6) is 5.75 Å². The molecule has 1 unspecified atom stereocenters. The molecule has 11 heteroatoms. The lowest BCUT2D eigenvalue weighted by atomic mass is 10.1. The van der Waals surface area contributed by atoms with Gasteiger partial charge in [0.25, 0.3) is 5.91 Å². The number of ether oxygens (including phenoxy) is 2. The summed E-state index contributed by atoms with van der Waals surface area (Å²) in [6.45, 7) is -0.670. The predicted molar refractivity (Wildman–Crippen MR) is 106 cm³/mol. The molecular weight excluding hydrogens is 482 g/mol. The zero-order valence-electron chi connectivity index (χ0n) is 15.9. The van der Waals surface area contributed by atoms with Crippen molar-refractivity contribution in [3.8, 4) is 17.0 Å². The highest BCUT2D eigenvalue weighted by Crippen LogP contribution is 2.33. The molecule has 0 aliphatic heterocycles. The third kappa shape index (κ3) is 4.57. The fourth-order valence-electron chi connectivity index (χ4n) is 2.68. The van der Waals surface area contributed by atoms with Gasteiger partial charge in [-0.2, -0.15) is 0 Å². The number of nitrogens with two attached hydrogens (primary N) is 1. The topological polar surface area (TPSA) is 125 Å². The minimum atomic E-state index is -1.31. The van der Waals surface area contributed by atoms with Crippen molar-refractivity contribution in [2.24, 2.45) is 5.73 Å². The molecule has 0 aliphatic carbocycles. The summed E-state index contributed by atoms with van der Waals surface area (Å²) in [6, 6.07) is 8.03. The zero-order chi connectivity index (χ0) is 22.7. The minimum absolute atomic E-state index is 0.120. The first-order valence-electron chi connectivity index (χ1n) is 8.67. The van der Waals surface area contributed by atoms with Crippen LogP contribution in [-0.4, -0.2) is 35.7 Å². The second kappa shape index (κ2) is 9.23. The lowest BCUT2D eigenvalue weighted by molar-refractivity contribution is 0.0600. The second-order valence-corrected chi connectivity index (χ2v) is 6.85. The summed E-state index contributed by atoms with van der Waals surface area (Å²) >= 11 is 3.21. The van der Waals surface area contributed by atoms with Gasteiger partial charge in [0.1, 0.15) is 17.1 Å². The number of aromatic nitrogens is 1. The fraction of sp³-hybridized carbons (Fsp3) is 0.150. The number of hydrogen-bond acceptors (Lipinski definition) is 7. The van der Waals surface area contributed by atoms with Gasteiger partial charge in [0.05, 0.1) is 19.3 Å². The Morgan fingerprint density at radius 2 is 1.90 bits per heavy atom. The van der Waals surface area contributed by atoms with Crippen LogP contribution in [0.4, 0.5) is 8.78 Å². The van der Waals surface area contributed by atoms with Gasteiger partial charge in [-0.15, -0.1) is 0 Å². The van der Waals surface area contributed by atoms with Crippen molar-refractivity contribution < 1.29 is 37.4 Å². The van der Waals surface area contributed by atoms with Crippen LogP contribution in [0.2, 0.25) is 0 Å². The minimum Gasteiger partial charge on any atom is -0.475 e. The second-order valence-electron chi connectivity index (χ2n) is 6.13. The molecule has 0 spiro atoms. The largest absolute Gasteiger partial charge is 0.475 e. The number of nitrogens with zero attached hydrogens (tertiary/aromatic N) is 1. The molecular formula is C20H15BrF2N2O6. The first-order valence-corrected chi connectivity index (χ1v) is 9.46. The molecule has 0 saturated heterocycles. The van der Waals surface area contributed by atoms with Crippen LogP contribution in [0.25, 0.3) is 11.3 Å². The van der Waals surface area contributed by atoms with Crippen LogP contribution in [0.3, 0.4) is 0 Å². The highest BCUT2D eigenvalue weighted by Gasteiger charge is 2.26. The lowest BCUT2D eigenvalue weighted by Gasteiger charge is -2.15. The van der Waals surface area contributed by atoms with E-state index in [1.54, 1.807) is 12.1 Å². The van der Waals surface area contributed by atoms with E-state index in [0.29, 0.717) is 16.8 Å². The predicted octanol–water partition coefficient (Wildman–Crippen LogP) is 3.38. The molecule has 1 aromatic heterocycles. The van der Waals surface area contributed by atoms with Gasteiger partial charge in [-0.25, -0.2) is 18.6 Å². The molecule has 162 valence electrons. The standard InChI is InChI=1S/C20H15BrF2N2O6/c1-29-20(28)10-4-2-9(3-5-10)16-17(21)31-19(25-16)13(8-26)30-12-7-6-11(22)14(15(12)23)18(24)27/h2-7,13,26H,8H2,1H3,(H2,24,27). The fourth-order valence-corrected chi connectivity index (χ4v) is 3.17. The number of aliphatic hydroxyl groups excluding tert-OH is 1. The normalized spacial score (nSPS) is 11.8. The van der Waals surface area contributed by atoms with Crippen molar-refractivity contribution in [1.29, 1.82) is 0 Å². The van der Waals surface area contributed by atoms with Crippen LogP contribution in [0.15, 0.2) is 45.5 Å². The quantitative estimate of drug-likeness (QED) is 0.480. The smallest absolute Gasteiger partial charge is 0.337 e. The summed E-state index contributed by atoms with van der Waals surface area (Å²) < 4.78 is 43.8. The maximum atomic E-state index is 14.4. The van der Waals surface area contributed by atoms with Crippen LogP contribution < -0.4 is 10.5 Å². The molecule has 3 aromatic rings. The molecule has 0 saturated carbocycles. The summed E-state index contributed by atoms with van der Waals surface area (Å²) in [6.07, 6.45) is -1.28. The Kier molecular flexibility index (Phi) is 6.66. The van der Waals surface area contributed by atoms with Crippen molar-refractivity contribution >= 4 is 27.8 Å². The number of rotatable bonds is 7. The number of esters is 1. The van der Waals surface area contributed by atoms with E-state index in [1.807, 2.05) is 0 Å². The number of carbonyl (C=O) groups excluding carboxylic acids is 2. The molecule has 3 N–H and O–H groups in total. The average molecular weight is 497 g/mol. The average Bonchev–Trinajstić information content (AvgIpc) is 3.14. The Morgan fingerprint density at radius 3 is 2.48 bits per heavy atom. The number of primary amides is 1. The number of aliphatic hydroxyl groups is 1. The van der Waals surface area contributed by atoms with Crippen molar-refractivity contribution in [2.45, 2.75) is 6.10 Å². The maximum Gasteiger partial charge on any atom is 0.337 e. The van der Waals surface area contributed by atoms with Gasteiger partial charge in [0.2, 0.25) is 5.89 Å². The Balaban J connectivity index is 1.90.